The number of amides is 1. The van der Waals surface area contributed by atoms with Crippen LogP contribution in [0.1, 0.15) is 46.6 Å². The molecule has 0 fully saturated rings. The van der Waals surface area contributed by atoms with Gasteiger partial charge in [-0.2, -0.15) is 5.26 Å². The number of carbonyl (C=O) groups is 1. The quantitative estimate of drug-likeness (QED) is 0.725. The molecule has 0 saturated heterocycles. The van der Waals surface area contributed by atoms with E-state index in [1.54, 1.807) is 18.2 Å². The summed E-state index contributed by atoms with van der Waals surface area (Å²) >= 11 is 0. The van der Waals surface area contributed by atoms with Crippen LogP contribution in [0.5, 0.6) is 0 Å². The van der Waals surface area contributed by atoms with Gasteiger partial charge < -0.3 is 10.3 Å². The summed E-state index contributed by atoms with van der Waals surface area (Å²) in [6, 6.07) is 12.6. The molecule has 0 spiro atoms. The Hall–Kier alpha value is -3.13. The standard InChI is InChI=1S/C22H20FN3O/c1-13-9-10-19-17(11-13)14-6-4-7-16(21(14)25-19)22(27)26-20(12-24)15-5-2-3-8-18(15)23/h2-8,13,20,25H,9-11H2,1H3,(H,26,27). The van der Waals surface area contributed by atoms with Crippen LogP contribution in [-0.2, 0) is 12.8 Å². The van der Waals surface area contributed by atoms with E-state index in [-0.39, 0.29) is 11.5 Å². The maximum atomic E-state index is 14.0. The third-order valence-corrected chi connectivity index (χ3v) is 5.33. The summed E-state index contributed by atoms with van der Waals surface area (Å²) in [5.41, 5.74) is 3.91. The molecule has 27 heavy (non-hydrogen) atoms. The van der Waals surface area contributed by atoms with Crippen molar-refractivity contribution in [3.05, 3.63) is 70.7 Å². The third-order valence-electron chi connectivity index (χ3n) is 5.33. The smallest absolute Gasteiger partial charge is 0.254 e. The number of hydrogen-bond acceptors (Lipinski definition) is 2. The van der Waals surface area contributed by atoms with Gasteiger partial charge in [0.2, 0.25) is 0 Å². The summed E-state index contributed by atoms with van der Waals surface area (Å²) in [5, 5.41) is 13.2. The number of aryl methyl sites for hydroxylation is 1. The number of benzene rings is 2. The van der Waals surface area contributed by atoms with Crippen molar-refractivity contribution in [2.75, 3.05) is 0 Å². The highest BCUT2D eigenvalue weighted by molar-refractivity contribution is 6.07. The zero-order chi connectivity index (χ0) is 19.0. The van der Waals surface area contributed by atoms with Gasteiger partial charge in [-0.05, 0) is 42.9 Å². The van der Waals surface area contributed by atoms with Crippen LogP contribution in [0.3, 0.4) is 0 Å². The Kier molecular flexibility index (Phi) is 4.41. The molecule has 1 heterocycles. The van der Waals surface area contributed by atoms with E-state index in [0.717, 1.165) is 30.2 Å². The van der Waals surface area contributed by atoms with Crippen molar-refractivity contribution in [2.45, 2.75) is 32.2 Å². The lowest BCUT2D eigenvalue weighted by atomic mass is 9.87. The zero-order valence-electron chi connectivity index (χ0n) is 15.1. The Morgan fingerprint density at radius 1 is 1.30 bits per heavy atom. The van der Waals surface area contributed by atoms with E-state index in [9.17, 15) is 14.4 Å². The molecule has 0 bridgehead atoms. The Morgan fingerprint density at radius 2 is 2.11 bits per heavy atom. The Balaban J connectivity index is 1.69. The fraction of sp³-hybridized carbons (Fsp3) is 0.273. The molecule has 3 aromatic rings. The second kappa shape index (κ2) is 6.88. The number of nitrogens with zero attached hydrogens (tertiary/aromatic N) is 1. The van der Waals surface area contributed by atoms with E-state index in [4.69, 9.17) is 0 Å². The number of nitrogens with one attached hydrogen (secondary N) is 2. The lowest BCUT2D eigenvalue weighted by Gasteiger charge is -2.17. The van der Waals surface area contributed by atoms with Crippen LogP contribution in [-0.4, -0.2) is 10.9 Å². The molecule has 1 aromatic heterocycles. The first-order chi connectivity index (χ1) is 13.1. The molecule has 2 aromatic carbocycles. The van der Waals surface area contributed by atoms with Gasteiger partial charge in [0.25, 0.3) is 5.91 Å². The van der Waals surface area contributed by atoms with Gasteiger partial charge in [-0.25, -0.2) is 4.39 Å². The fourth-order valence-electron chi connectivity index (χ4n) is 3.90. The van der Waals surface area contributed by atoms with Crippen LogP contribution in [0.15, 0.2) is 42.5 Å². The van der Waals surface area contributed by atoms with Crippen molar-refractivity contribution < 1.29 is 9.18 Å². The van der Waals surface area contributed by atoms with Crippen LogP contribution in [0.2, 0.25) is 0 Å². The van der Waals surface area contributed by atoms with Crippen molar-refractivity contribution in [3.8, 4) is 6.07 Å². The Labute approximate surface area is 157 Å². The van der Waals surface area contributed by atoms with E-state index in [2.05, 4.69) is 17.2 Å². The lowest BCUT2D eigenvalue weighted by molar-refractivity contribution is 0.0946. The molecule has 2 unspecified atom stereocenters. The monoisotopic (exact) mass is 361 g/mol. The molecule has 1 aliphatic rings. The first kappa shape index (κ1) is 17.3. The number of para-hydroxylation sites is 1. The summed E-state index contributed by atoms with van der Waals surface area (Å²) in [5.74, 6) is -0.271. The molecule has 5 heteroatoms. The minimum atomic E-state index is -1.04. The molecule has 136 valence electrons. The molecule has 4 rings (SSSR count). The number of rotatable bonds is 3. The van der Waals surface area contributed by atoms with Crippen molar-refractivity contribution >= 4 is 16.8 Å². The zero-order valence-corrected chi connectivity index (χ0v) is 15.1. The van der Waals surface area contributed by atoms with Gasteiger partial charge in [0.05, 0.1) is 17.1 Å². The van der Waals surface area contributed by atoms with Crippen LogP contribution < -0.4 is 5.32 Å². The molecule has 0 saturated carbocycles. The largest absolute Gasteiger partial charge is 0.358 e. The highest BCUT2D eigenvalue weighted by Gasteiger charge is 2.24. The highest BCUT2D eigenvalue weighted by Crippen LogP contribution is 2.33. The number of nitriles is 1. The molecule has 1 amide bonds. The van der Waals surface area contributed by atoms with Crippen molar-refractivity contribution in [3.63, 3.8) is 0 Å². The van der Waals surface area contributed by atoms with Gasteiger partial charge in [-0.1, -0.05) is 37.3 Å². The maximum absolute atomic E-state index is 14.0. The Bertz CT molecular complexity index is 1060. The maximum Gasteiger partial charge on any atom is 0.254 e. The predicted molar refractivity (Wildman–Crippen MR) is 102 cm³/mol. The summed E-state index contributed by atoms with van der Waals surface area (Å²) in [4.78, 5) is 16.3. The molecular formula is C22H20FN3O. The lowest BCUT2D eigenvalue weighted by Crippen LogP contribution is -2.28. The first-order valence-electron chi connectivity index (χ1n) is 9.16. The van der Waals surface area contributed by atoms with Crippen LogP contribution in [0.25, 0.3) is 10.9 Å². The summed E-state index contributed by atoms with van der Waals surface area (Å²) in [7, 11) is 0. The summed E-state index contributed by atoms with van der Waals surface area (Å²) in [6.45, 7) is 2.24. The molecule has 0 aliphatic heterocycles. The number of aromatic amines is 1. The Morgan fingerprint density at radius 3 is 2.89 bits per heavy atom. The first-order valence-corrected chi connectivity index (χ1v) is 9.16. The number of H-pyrrole nitrogens is 1. The number of hydrogen-bond donors (Lipinski definition) is 2. The van der Waals surface area contributed by atoms with E-state index in [1.807, 2.05) is 18.2 Å². The summed E-state index contributed by atoms with van der Waals surface area (Å²) < 4.78 is 14.0. The minimum Gasteiger partial charge on any atom is -0.358 e. The molecule has 2 N–H and O–H groups in total. The van der Waals surface area contributed by atoms with Gasteiger partial charge in [-0.3, -0.25) is 4.79 Å². The van der Waals surface area contributed by atoms with Gasteiger partial charge in [0, 0.05) is 16.6 Å². The second-order valence-electron chi connectivity index (χ2n) is 7.22. The number of halogens is 1. The number of fused-ring (bicyclic) bond motifs is 3. The topological polar surface area (TPSA) is 68.7 Å². The SMILES string of the molecule is CC1CCc2[nH]c3c(C(=O)NC(C#N)c4ccccc4F)cccc3c2C1. The highest BCUT2D eigenvalue weighted by atomic mass is 19.1. The second-order valence-corrected chi connectivity index (χ2v) is 7.22. The summed E-state index contributed by atoms with van der Waals surface area (Å²) in [6.07, 6.45) is 3.10. The van der Waals surface area contributed by atoms with Gasteiger partial charge in [0.15, 0.2) is 0 Å². The van der Waals surface area contributed by atoms with E-state index < -0.39 is 11.9 Å². The molecule has 1 aliphatic carbocycles. The van der Waals surface area contributed by atoms with Crippen molar-refractivity contribution in [1.82, 2.24) is 10.3 Å². The average Bonchev–Trinajstić information content (AvgIpc) is 3.04. The van der Waals surface area contributed by atoms with Gasteiger partial charge in [0.1, 0.15) is 11.9 Å². The number of aromatic nitrogens is 1. The molecular weight excluding hydrogens is 341 g/mol. The van der Waals surface area contributed by atoms with Crippen molar-refractivity contribution in [1.29, 1.82) is 5.26 Å². The normalized spacial score (nSPS) is 17.1. The van der Waals surface area contributed by atoms with E-state index >= 15 is 0 Å². The van der Waals surface area contributed by atoms with E-state index in [1.165, 1.54) is 23.4 Å². The van der Waals surface area contributed by atoms with Gasteiger partial charge in [-0.15, -0.1) is 0 Å². The van der Waals surface area contributed by atoms with Crippen LogP contribution in [0, 0.1) is 23.1 Å². The minimum absolute atomic E-state index is 0.167. The van der Waals surface area contributed by atoms with Crippen LogP contribution in [0.4, 0.5) is 4.39 Å². The van der Waals surface area contributed by atoms with Crippen LogP contribution >= 0.6 is 0 Å². The molecule has 4 nitrogen and oxygen atoms in total. The third kappa shape index (κ3) is 3.08. The fourth-order valence-corrected chi connectivity index (χ4v) is 3.90. The molecule has 0 radical (unpaired) electrons. The number of carbonyl (C=O) groups excluding carboxylic acids is 1. The average molecular weight is 361 g/mol. The van der Waals surface area contributed by atoms with Gasteiger partial charge >= 0.3 is 0 Å². The molecule has 2 atom stereocenters. The van der Waals surface area contributed by atoms with Crippen molar-refractivity contribution in [2.24, 2.45) is 5.92 Å². The van der Waals surface area contributed by atoms with E-state index in [0.29, 0.717) is 11.5 Å². The predicted octanol–water partition coefficient (Wildman–Crippen LogP) is 4.43.